The maximum Gasteiger partial charge on any atom is 0.0934 e. The molecular weight excluding hydrogens is 779 g/mol. The Kier molecular flexibility index (Phi) is 31.8. The zero-order chi connectivity index (χ0) is 45.3. The monoisotopic (exact) mass is 886 g/mol. The molecule has 63 heavy (non-hydrogen) atoms. The van der Waals surface area contributed by atoms with Crippen molar-refractivity contribution >= 4 is 0 Å². The Labute approximate surface area is 392 Å². The Morgan fingerprint density at radius 2 is 1.35 bits per heavy atom. The van der Waals surface area contributed by atoms with E-state index in [1.807, 2.05) is 0 Å². The lowest BCUT2D eigenvalue weighted by atomic mass is 9.51. The van der Waals surface area contributed by atoms with Crippen LogP contribution in [0.1, 0.15) is 215 Å². The van der Waals surface area contributed by atoms with Gasteiger partial charge in [-0.15, -0.1) is 0 Å². The minimum Gasteiger partial charge on any atom is -0.381 e. The van der Waals surface area contributed by atoms with Crippen LogP contribution in [0.15, 0.2) is 24.3 Å². The van der Waals surface area contributed by atoms with Crippen LogP contribution in [0.3, 0.4) is 0 Å². The smallest absolute Gasteiger partial charge is 0.0934 e. The molecule has 3 fully saturated rings. The Morgan fingerprint density at radius 1 is 0.698 bits per heavy atom. The van der Waals surface area contributed by atoms with Crippen molar-refractivity contribution in [1.29, 1.82) is 0 Å². The highest BCUT2D eigenvalue weighted by Crippen LogP contribution is 2.64. The molecule has 0 aromatic heterocycles. The van der Waals surface area contributed by atoms with Gasteiger partial charge in [-0.25, -0.2) is 0 Å². The van der Waals surface area contributed by atoms with Crippen molar-refractivity contribution in [3.05, 3.63) is 24.3 Å². The van der Waals surface area contributed by atoms with E-state index in [2.05, 4.69) is 77.7 Å². The van der Waals surface area contributed by atoms with E-state index in [4.69, 9.17) is 23.7 Å². The van der Waals surface area contributed by atoms with Crippen LogP contribution in [0.25, 0.3) is 0 Å². The summed E-state index contributed by atoms with van der Waals surface area (Å²) in [4.78, 5) is 2.46. The van der Waals surface area contributed by atoms with Gasteiger partial charge in [-0.2, -0.15) is 0 Å². The third kappa shape index (κ3) is 23.2. The maximum atomic E-state index is 6.38. The molecule has 1 heterocycles. The molecule has 2 saturated carbocycles. The summed E-state index contributed by atoms with van der Waals surface area (Å²) >= 11 is 0. The van der Waals surface area contributed by atoms with Crippen LogP contribution in [-0.4, -0.2) is 90.1 Å². The number of rotatable bonds is 40. The first kappa shape index (κ1) is 56.6. The first-order valence-electron chi connectivity index (χ1n) is 27.7. The fourth-order valence-corrected chi connectivity index (χ4v) is 12.0. The van der Waals surface area contributed by atoms with Crippen molar-refractivity contribution < 1.29 is 23.7 Å². The van der Waals surface area contributed by atoms with Crippen LogP contribution in [-0.2, 0) is 23.7 Å². The molecule has 3 rings (SSSR count). The van der Waals surface area contributed by atoms with E-state index in [9.17, 15) is 0 Å². The van der Waals surface area contributed by atoms with E-state index < -0.39 is 0 Å². The zero-order valence-corrected chi connectivity index (χ0v) is 43.1. The van der Waals surface area contributed by atoms with Gasteiger partial charge < -0.3 is 23.7 Å². The standard InChI is InChI=1S/C57H107NO5/c1-8-11-12-13-14-15-16-17-18-19-20-21-22-23-24-27-40-62-49-52(48-58-38-46-61-47-39-58)63-45-30-44-60-43-29-42-59-41-28-36-56(6,10-3)54-35-37-57(7)51(32-26-25-31-50(4)5)33-34-55(57)53(54)9-2/h14-15,17-18,50-55H,8-13,16,19-49H2,1-7H3/b15-14-,18-17-/t51-,52?,53+,54-,55-,56+,57+/m0/s1. The second kappa shape index (κ2) is 35.4. The van der Waals surface area contributed by atoms with Crippen LogP contribution in [0.4, 0.5) is 0 Å². The van der Waals surface area contributed by atoms with Crippen molar-refractivity contribution in [3.8, 4) is 0 Å². The second-order valence-corrected chi connectivity index (χ2v) is 21.4. The van der Waals surface area contributed by atoms with Crippen LogP contribution >= 0.6 is 0 Å². The van der Waals surface area contributed by atoms with Crippen molar-refractivity contribution in [2.24, 2.45) is 40.4 Å². The number of hydrogen-bond acceptors (Lipinski definition) is 6. The molecule has 1 saturated heterocycles. The van der Waals surface area contributed by atoms with E-state index in [-0.39, 0.29) is 6.10 Å². The molecule has 370 valence electrons. The van der Waals surface area contributed by atoms with Crippen molar-refractivity contribution in [2.75, 3.05) is 79.1 Å². The molecule has 0 N–H and O–H groups in total. The molecule has 6 heteroatoms. The van der Waals surface area contributed by atoms with E-state index >= 15 is 0 Å². The topological polar surface area (TPSA) is 49.4 Å². The number of hydrogen-bond donors (Lipinski definition) is 0. The Hall–Kier alpha value is -0.760. The van der Waals surface area contributed by atoms with Gasteiger partial charge in [0.1, 0.15) is 0 Å². The minimum atomic E-state index is 0.103. The molecule has 0 aromatic carbocycles. The largest absolute Gasteiger partial charge is 0.381 e. The molecule has 1 aliphatic heterocycles. The summed E-state index contributed by atoms with van der Waals surface area (Å²) < 4.78 is 30.3. The van der Waals surface area contributed by atoms with Gasteiger partial charge in [-0.1, -0.05) is 143 Å². The predicted molar refractivity (Wildman–Crippen MR) is 270 cm³/mol. The molecule has 0 bridgehead atoms. The summed E-state index contributed by atoms with van der Waals surface area (Å²) in [6, 6.07) is 0. The lowest BCUT2D eigenvalue weighted by molar-refractivity contribution is -0.0531. The summed E-state index contributed by atoms with van der Waals surface area (Å²) in [7, 11) is 0. The molecule has 0 amide bonds. The summed E-state index contributed by atoms with van der Waals surface area (Å²) in [5, 5.41) is 0. The molecule has 7 atom stereocenters. The van der Waals surface area contributed by atoms with Gasteiger partial charge >= 0.3 is 0 Å². The maximum absolute atomic E-state index is 6.38. The van der Waals surface area contributed by atoms with Gasteiger partial charge in [0.25, 0.3) is 0 Å². The number of allylic oxidation sites excluding steroid dienone is 4. The fraction of sp³-hybridized carbons (Fsp3) is 0.930. The quantitative estimate of drug-likeness (QED) is 0.0451. The lowest BCUT2D eigenvalue weighted by Gasteiger charge is -2.54. The summed E-state index contributed by atoms with van der Waals surface area (Å²) in [5.74, 6) is 4.53. The van der Waals surface area contributed by atoms with Gasteiger partial charge in [-0.05, 0) is 137 Å². The minimum absolute atomic E-state index is 0.103. The van der Waals surface area contributed by atoms with Crippen molar-refractivity contribution in [1.82, 2.24) is 4.90 Å². The van der Waals surface area contributed by atoms with E-state index in [1.54, 1.807) is 0 Å². The molecule has 0 radical (unpaired) electrons. The highest BCUT2D eigenvalue weighted by Gasteiger charge is 2.55. The number of fused-ring (bicyclic) bond motifs is 1. The van der Waals surface area contributed by atoms with E-state index in [0.717, 1.165) is 128 Å². The molecule has 0 spiro atoms. The van der Waals surface area contributed by atoms with Crippen LogP contribution < -0.4 is 0 Å². The lowest BCUT2D eigenvalue weighted by Crippen LogP contribution is -2.46. The Bertz CT molecular complexity index is 1120. The SMILES string of the molecule is CCCCC/C=C\C/C=C\CCCCCCCCOCC(CN1CCOCC1)OCCCOCCCOCCC[C@@](C)(CC)[C@H]1CC[C@]2(C)[C@@H](CCCCC(C)C)CC[C@H]2[C@@H]1CC. The number of morpholine rings is 1. The molecule has 0 aromatic rings. The average molecular weight is 886 g/mol. The highest BCUT2D eigenvalue weighted by molar-refractivity contribution is 5.04. The number of nitrogens with zero attached hydrogens (tertiary/aromatic N) is 1. The summed E-state index contributed by atoms with van der Waals surface area (Å²) in [5.41, 5.74) is 1.02. The van der Waals surface area contributed by atoms with Gasteiger partial charge in [0.05, 0.1) is 25.9 Å². The van der Waals surface area contributed by atoms with E-state index in [0.29, 0.717) is 17.4 Å². The highest BCUT2D eigenvalue weighted by atomic mass is 16.5. The molecule has 1 unspecified atom stereocenters. The normalized spacial score (nSPS) is 24.8. The third-order valence-corrected chi connectivity index (χ3v) is 16.2. The average Bonchev–Trinajstić information content (AvgIpc) is 3.62. The first-order chi connectivity index (χ1) is 30.8. The van der Waals surface area contributed by atoms with Crippen molar-refractivity contribution in [3.63, 3.8) is 0 Å². The zero-order valence-electron chi connectivity index (χ0n) is 43.1. The number of unbranched alkanes of at least 4 members (excludes halogenated alkanes) is 10. The van der Waals surface area contributed by atoms with Gasteiger partial charge in [0.15, 0.2) is 0 Å². The van der Waals surface area contributed by atoms with Crippen LogP contribution in [0, 0.1) is 40.4 Å². The molecule has 3 aliphatic rings. The molecule has 2 aliphatic carbocycles. The van der Waals surface area contributed by atoms with Crippen LogP contribution in [0.5, 0.6) is 0 Å². The third-order valence-electron chi connectivity index (χ3n) is 16.2. The summed E-state index contributed by atoms with van der Waals surface area (Å²) in [6.07, 6.45) is 43.4. The van der Waals surface area contributed by atoms with E-state index in [1.165, 1.54) is 141 Å². The Morgan fingerprint density at radius 3 is 2.03 bits per heavy atom. The van der Waals surface area contributed by atoms with Gasteiger partial charge in [0, 0.05) is 59.3 Å². The van der Waals surface area contributed by atoms with Gasteiger partial charge in [0.2, 0.25) is 0 Å². The second-order valence-electron chi connectivity index (χ2n) is 21.4. The number of ether oxygens (including phenoxy) is 5. The van der Waals surface area contributed by atoms with Crippen LogP contribution in [0.2, 0.25) is 0 Å². The Balaban J connectivity index is 1.20. The molecule has 6 nitrogen and oxygen atoms in total. The molecular formula is C57H107NO5. The summed E-state index contributed by atoms with van der Waals surface area (Å²) in [6.45, 7) is 27.3. The predicted octanol–water partition coefficient (Wildman–Crippen LogP) is 15.2. The van der Waals surface area contributed by atoms with Crippen molar-refractivity contribution in [2.45, 2.75) is 222 Å². The van der Waals surface area contributed by atoms with Gasteiger partial charge in [-0.3, -0.25) is 4.90 Å². The fourth-order valence-electron chi connectivity index (χ4n) is 12.0. The first-order valence-corrected chi connectivity index (χ1v) is 27.7.